The number of nitrogens with one attached hydrogen (secondary N) is 2. The van der Waals surface area contributed by atoms with Crippen molar-refractivity contribution in [1.82, 2.24) is 14.9 Å². The Hall–Kier alpha value is -1.93. The molecule has 3 rings (SSSR count). The van der Waals surface area contributed by atoms with Crippen molar-refractivity contribution >= 4 is 15.7 Å². The molecule has 2 aromatic rings. The van der Waals surface area contributed by atoms with E-state index < -0.39 is 10.0 Å². The fourth-order valence-electron chi connectivity index (χ4n) is 1.91. The van der Waals surface area contributed by atoms with Gasteiger partial charge in [0.2, 0.25) is 15.9 Å². The third kappa shape index (κ3) is 3.40. The quantitative estimate of drug-likeness (QED) is 0.838. The molecule has 1 aromatic carbocycles. The minimum atomic E-state index is -3.51. The smallest absolute Gasteiger partial charge is 0.245 e. The first-order chi connectivity index (χ1) is 10.0. The molecule has 1 saturated carbocycles. The summed E-state index contributed by atoms with van der Waals surface area (Å²) in [5.41, 5.74) is 0.515. The minimum Gasteiger partial charge on any atom is -0.375 e. The molecule has 21 heavy (non-hydrogen) atoms. The molecule has 1 aliphatic rings. The topological polar surface area (TPSA) is 97.1 Å². The van der Waals surface area contributed by atoms with Crippen LogP contribution in [0.25, 0.3) is 0 Å². The summed E-state index contributed by atoms with van der Waals surface area (Å²) < 4.78 is 32.3. The largest absolute Gasteiger partial charge is 0.375 e. The summed E-state index contributed by atoms with van der Waals surface area (Å²) >= 11 is 0. The normalized spacial score (nSPS) is 15.1. The lowest BCUT2D eigenvalue weighted by Crippen LogP contribution is -2.26. The number of sulfonamides is 1. The van der Waals surface area contributed by atoms with E-state index in [4.69, 9.17) is 4.52 Å². The number of rotatable bonds is 6. The molecule has 1 fully saturated rings. The lowest BCUT2D eigenvalue weighted by atomic mass is 10.3. The van der Waals surface area contributed by atoms with Crippen molar-refractivity contribution in [3.63, 3.8) is 0 Å². The van der Waals surface area contributed by atoms with E-state index in [1.807, 2.05) is 0 Å². The Morgan fingerprint density at radius 3 is 2.76 bits per heavy atom. The average Bonchev–Trinajstić information content (AvgIpc) is 3.15. The second-order valence-electron chi connectivity index (χ2n) is 4.98. The number of benzene rings is 1. The van der Waals surface area contributed by atoms with E-state index in [0.717, 1.165) is 12.8 Å². The minimum absolute atomic E-state index is 0.0710. The van der Waals surface area contributed by atoms with E-state index in [1.54, 1.807) is 31.2 Å². The molecule has 0 bridgehead atoms. The molecule has 1 aliphatic carbocycles. The maximum Gasteiger partial charge on any atom is 0.245 e. The predicted octanol–water partition coefficient (Wildman–Crippen LogP) is 1.43. The van der Waals surface area contributed by atoms with Crippen LogP contribution in [0.4, 0.5) is 5.69 Å². The van der Waals surface area contributed by atoms with Crippen molar-refractivity contribution in [2.24, 2.45) is 0 Å². The van der Waals surface area contributed by atoms with E-state index >= 15 is 0 Å². The maximum atomic E-state index is 12.3. The predicted molar refractivity (Wildman–Crippen MR) is 76.1 cm³/mol. The maximum absolute atomic E-state index is 12.3. The van der Waals surface area contributed by atoms with Gasteiger partial charge >= 0.3 is 0 Å². The Bertz CT molecular complexity index is 737. The van der Waals surface area contributed by atoms with E-state index in [1.165, 1.54) is 0 Å². The molecule has 2 N–H and O–H groups in total. The third-order valence-electron chi connectivity index (χ3n) is 3.08. The number of nitrogens with zero attached hydrogens (tertiary/aromatic N) is 2. The van der Waals surface area contributed by atoms with Gasteiger partial charge in [0, 0.05) is 6.04 Å². The molecule has 7 nitrogen and oxygen atoms in total. The number of hydrogen-bond acceptors (Lipinski definition) is 6. The van der Waals surface area contributed by atoms with Gasteiger partial charge in [0.15, 0.2) is 5.82 Å². The van der Waals surface area contributed by atoms with Gasteiger partial charge in [0.05, 0.1) is 12.2 Å². The summed E-state index contributed by atoms with van der Waals surface area (Å²) in [6.45, 7) is 2.00. The molecule has 1 aromatic heterocycles. The fourth-order valence-corrected chi connectivity index (χ4v) is 3.40. The monoisotopic (exact) mass is 308 g/mol. The van der Waals surface area contributed by atoms with Crippen LogP contribution >= 0.6 is 0 Å². The van der Waals surface area contributed by atoms with Gasteiger partial charge in [-0.05, 0) is 31.9 Å². The zero-order chi connectivity index (χ0) is 14.9. The van der Waals surface area contributed by atoms with Crippen LogP contribution in [0.2, 0.25) is 0 Å². The van der Waals surface area contributed by atoms with E-state index in [9.17, 15) is 8.42 Å². The van der Waals surface area contributed by atoms with Gasteiger partial charge < -0.3 is 9.84 Å². The van der Waals surface area contributed by atoms with Crippen LogP contribution < -0.4 is 10.0 Å². The summed E-state index contributed by atoms with van der Waals surface area (Å²) in [4.78, 5) is 4.30. The number of aromatic nitrogens is 2. The van der Waals surface area contributed by atoms with Crippen molar-refractivity contribution in [2.75, 3.05) is 5.32 Å². The first-order valence-corrected chi connectivity index (χ1v) is 8.17. The van der Waals surface area contributed by atoms with Crippen LogP contribution in [0.5, 0.6) is 0 Å². The highest BCUT2D eigenvalue weighted by Crippen LogP contribution is 2.26. The fraction of sp³-hybridized carbons (Fsp3) is 0.385. The van der Waals surface area contributed by atoms with Gasteiger partial charge in [-0.1, -0.05) is 17.3 Å². The van der Waals surface area contributed by atoms with Crippen LogP contribution in [0.15, 0.2) is 33.7 Å². The third-order valence-corrected chi connectivity index (χ3v) is 4.65. The molecule has 0 amide bonds. The van der Waals surface area contributed by atoms with Crippen molar-refractivity contribution < 1.29 is 12.9 Å². The SMILES string of the molecule is Cc1noc(CNc2ccccc2S(=O)(=O)NC2CC2)n1. The molecule has 0 unspecified atom stereocenters. The Labute approximate surface area is 122 Å². The van der Waals surface area contributed by atoms with E-state index in [2.05, 4.69) is 20.2 Å². The molecular formula is C13H16N4O3S. The zero-order valence-electron chi connectivity index (χ0n) is 11.5. The first-order valence-electron chi connectivity index (χ1n) is 6.69. The Morgan fingerprint density at radius 1 is 1.33 bits per heavy atom. The van der Waals surface area contributed by atoms with Crippen molar-refractivity contribution in [1.29, 1.82) is 0 Å². The van der Waals surface area contributed by atoms with Crippen LogP contribution in [0, 0.1) is 6.92 Å². The van der Waals surface area contributed by atoms with Gasteiger partial charge in [-0.2, -0.15) is 4.98 Å². The molecular weight excluding hydrogens is 292 g/mol. The molecule has 0 saturated heterocycles. The van der Waals surface area contributed by atoms with Crippen molar-refractivity contribution in [3.8, 4) is 0 Å². The van der Waals surface area contributed by atoms with Crippen molar-refractivity contribution in [2.45, 2.75) is 37.2 Å². The molecule has 0 radical (unpaired) electrons. The Morgan fingerprint density at radius 2 is 2.10 bits per heavy atom. The second-order valence-corrected chi connectivity index (χ2v) is 6.66. The lowest BCUT2D eigenvalue weighted by Gasteiger charge is -2.11. The molecule has 0 spiro atoms. The lowest BCUT2D eigenvalue weighted by molar-refractivity contribution is 0.379. The van der Waals surface area contributed by atoms with E-state index in [0.29, 0.717) is 17.4 Å². The number of aryl methyl sites for hydroxylation is 1. The van der Waals surface area contributed by atoms with E-state index in [-0.39, 0.29) is 17.5 Å². The van der Waals surface area contributed by atoms with Crippen LogP contribution in [-0.2, 0) is 16.6 Å². The second kappa shape index (κ2) is 5.45. The highest BCUT2D eigenvalue weighted by Gasteiger charge is 2.29. The number of anilines is 1. The molecule has 0 aliphatic heterocycles. The zero-order valence-corrected chi connectivity index (χ0v) is 12.4. The number of para-hydroxylation sites is 1. The van der Waals surface area contributed by atoms with Gasteiger partial charge in [-0.3, -0.25) is 0 Å². The average molecular weight is 308 g/mol. The van der Waals surface area contributed by atoms with Crippen LogP contribution in [0.1, 0.15) is 24.6 Å². The summed E-state index contributed by atoms with van der Waals surface area (Å²) in [6, 6.07) is 6.83. The molecule has 1 heterocycles. The van der Waals surface area contributed by atoms with Gasteiger partial charge in [-0.25, -0.2) is 13.1 Å². The standard InChI is InChI=1S/C13H16N4O3S/c1-9-15-13(20-16-9)8-14-11-4-2-3-5-12(11)21(18,19)17-10-6-7-10/h2-5,10,14,17H,6-8H2,1H3. The summed E-state index contributed by atoms with van der Waals surface area (Å²) in [7, 11) is -3.51. The molecule has 8 heteroatoms. The van der Waals surface area contributed by atoms with Gasteiger partial charge in [0.25, 0.3) is 0 Å². The number of hydrogen-bond donors (Lipinski definition) is 2. The highest BCUT2D eigenvalue weighted by atomic mass is 32.2. The summed E-state index contributed by atoms with van der Waals surface area (Å²) in [5, 5.41) is 6.72. The van der Waals surface area contributed by atoms with Crippen molar-refractivity contribution in [3.05, 3.63) is 36.0 Å². The Kier molecular flexibility index (Phi) is 3.64. The summed E-state index contributed by atoms with van der Waals surface area (Å²) in [6.07, 6.45) is 1.80. The molecule has 0 atom stereocenters. The Balaban J connectivity index is 1.78. The van der Waals surface area contributed by atoms with Crippen LogP contribution in [-0.4, -0.2) is 24.6 Å². The first kappa shape index (κ1) is 14.0. The van der Waals surface area contributed by atoms with Crippen LogP contribution in [0.3, 0.4) is 0 Å². The summed E-state index contributed by atoms with van der Waals surface area (Å²) in [5.74, 6) is 0.956. The van der Waals surface area contributed by atoms with Gasteiger partial charge in [0.1, 0.15) is 4.90 Å². The highest BCUT2D eigenvalue weighted by molar-refractivity contribution is 7.89. The molecule has 112 valence electrons. The van der Waals surface area contributed by atoms with Gasteiger partial charge in [-0.15, -0.1) is 0 Å².